The number of esters is 1. The van der Waals surface area contributed by atoms with Crippen molar-refractivity contribution < 1.29 is 9.53 Å². The van der Waals surface area contributed by atoms with Crippen LogP contribution in [0.25, 0.3) is 0 Å². The average molecular weight is 209 g/mol. The Morgan fingerprint density at radius 2 is 2.33 bits per heavy atom. The van der Waals surface area contributed by atoms with Gasteiger partial charge in [-0.3, -0.25) is 0 Å². The van der Waals surface area contributed by atoms with Crippen molar-refractivity contribution in [3.63, 3.8) is 0 Å². The normalized spacial score (nSPS) is 9.80. The zero-order valence-electron chi connectivity index (χ0n) is 9.15. The molecule has 1 rings (SSSR count). The largest absolute Gasteiger partial charge is 0.465 e. The zero-order valence-corrected chi connectivity index (χ0v) is 9.15. The molecule has 0 fully saturated rings. The maximum atomic E-state index is 11.3. The molecule has 0 aromatic carbocycles. The number of aromatic nitrogens is 1. The highest BCUT2D eigenvalue weighted by Gasteiger charge is 2.15. The Bertz CT molecular complexity index is 366. The molecule has 0 spiro atoms. The van der Waals surface area contributed by atoms with Gasteiger partial charge >= 0.3 is 5.97 Å². The number of ether oxygens (including phenoxy) is 1. The lowest BCUT2D eigenvalue weighted by Gasteiger charge is -2.18. The molecule has 0 amide bonds. The van der Waals surface area contributed by atoms with E-state index in [1.807, 2.05) is 18.9 Å². The van der Waals surface area contributed by atoms with Crippen molar-refractivity contribution in [2.75, 3.05) is 31.3 Å². The van der Waals surface area contributed by atoms with Crippen LogP contribution < -0.4 is 10.6 Å². The van der Waals surface area contributed by atoms with Crippen LogP contribution in [0, 0.1) is 0 Å². The van der Waals surface area contributed by atoms with Crippen molar-refractivity contribution >= 4 is 17.5 Å². The molecular weight excluding hydrogens is 194 g/mol. The van der Waals surface area contributed by atoms with E-state index < -0.39 is 5.97 Å². The molecule has 0 aliphatic rings. The summed E-state index contributed by atoms with van der Waals surface area (Å²) in [4.78, 5) is 17.3. The number of methoxy groups -OCH3 is 1. The smallest absolute Gasteiger partial charge is 0.340 e. The number of rotatable bonds is 3. The summed E-state index contributed by atoms with van der Waals surface area (Å²) in [6, 6.07) is 1.55. The zero-order chi connectivity index (χ0) is 11.4. The van der Waals surface area contributed by atoms with E-state index >= 15 is 0 Å². The Kier molecular flexibility index (Phi) is 3.49. The minimum Gasteiger partial charge on any atom is -0.465 e. The molecule has 0 unspecified atom stereocenters. The first kappa shape index (κ1) is 11.3. The van der Waals surface area contributed by atoms with Crippen LogP contribution >= 0.6 is 0 Å². The van der Waals surface area contributed by atoms with Gasteiger partial charge in [0.25, 0.3) is 0 Å². The average Bonchev–Trinajstić information content (AvgIpc) is 2.27. The second-order valence-corrected chi connectivity index (χ2v) is 3.10. The Morgan fingerprint density at radius 1 is 1.67 bits per heavy atom. The van der Waals surface area contributed by atoms with Crippen LogP contribution in [0.1, 0.15) is 17.3 Å². The van der Waals surface area contributed by atoms with Crippen LogP contribution in [0.3, 0.4) is 0 Å². The lowest BCUT2D eigenvalue weighted by atomic mass is 10.2. The van der Waals surface area contributed by atoms with Gasteiger partial charge in [-0.2, -0.15) is 0 Å². The monoisotopic (exact) mass is 209 g/mol. The first-order valence-corrected chi connectivity index (χ1v) is 4.65. The summed E-state index contributed by atoms with van der Waals surface area (Å²) in [5.74, 6) is 0.154. The molecule has 0 radical (unpaired) electrons. The standard InChI is InChI=1S/C10H15N3O2/c1-4-13(2)9-8(11)7(5-6-12-9)10(14)15-3/h5-6H,4,11H2,1-3H3. The summed E-state index contributed by atoms with van der Waals surface area (Å²) < 4.78 is 4.62. The van der Waals surface area contributed by atoms with E-state index in [1.165, 1.54) is 7.11 Å². The van der Waals surface area contributed by atoms with Crippen LogP contribution in [0.4, 0.5) is 11.5 Å². The van der Waals surface area contributed by atoms with Gasteiger partial charge in [-0.1, -0.05) is 0 Å². The van der Waals surface area contributed by atoms with Gasteiger partial charge in [-0.25, -0.2) is 9.78 Å². The third kappa shape index (κ3) is 2.18. The molecule has 2 N–H and O–H groups in total. The second-order valence-electron chi connectivity index (χ2n) is 3.10. The van der Waals surface area contributed by atoms with Crippen molar-refractivity contribution in [1.29, 1.82) is 0 Å². The van der Waals surface area contributed by atoms with Gasteiger partial charge in [0.05, 0.1) is 18.4 Å². The quantitative estimate of drug-likeness (QED) is 0.749. The summed E-state index contributed by atoms with van der Waals surface area (Å²) in [5.41, 5.74) is 6.54. The van der Waals surface area contributed by atoms with E-state index in [0.717, 1.165) is 6.54 Å². The molecule has 0 atom stereocenters. The van der Waals surface area contributed by atoms with Crippen molar-refractivity contribution in [2.24, 2.45) is 0 Å². The molecule has 15 heavy (non-hydrogen) atoms. The molecule has 0 aliphatic heterocycles. The summed E-state index contributed by atoms with van der Waals surface area (Å²) in [6.07, 6.45) is 1.55. The topological polar surface area (TPSA) is 68.5 Å². The predicted octanol–water partition coefficient (Wildman–Crippen LogP) is 0.907. The lowest BCUT2D eigenvalue weighted by Crippen LogP contribution is -2.20. The van der Waals surface area contributed by atoms with Crippen molar-refractivity contribution in [1.82, 2.24) is 4.98 Å². The summed E-state index contributed by atoms with van der Waals surface area (Å²) in [6.45, 7) is 2.74. The fourth-order valence-corrected chi connectivity index (χ4v) is 1.20. The van der Waals surface area contributed by atoms with Crippen LogP contribution in [0.2, 0.25) is 0 Å². The first-order chi connectivity index (χ1) is 7.11. The Hall–Kier alpha value is -1.78. The maximum Gasteiger partial charge on any atom is 0.340 e. The minimum absolute atomic E-state index is 0.350. The second kappa shape index (κ2) is 4.63. The number of pyridine rings is 1. The number of nitrogens with two attached hydrogens (primary N) is 1. The summed E-state index contributed by atoms with van der Waals surface area (Å²) in [5, 5.41) is 0. The van der Waals surface area contributed by atoms with E-state index in [-0.39, 0.29) is 0 Å². The Morgan fingerprint density at radius 3 is 2.87 bits per heavy atom. The lowest BCUT2D eigenvalue weighted by molar-refractivity contribution is 0.0602. The SMILES string of the molecule is CCN(C)c1nccc(C(=O)OC)c1N. The molecular formula is C10H15N3O2. The third-order valence-corrected chi connectivity index (χ3v) is 2.21. The van der Waals surface area contributed by atoms with E-state index in [4.69, 9.17) is 5.73 Å². The van der Waals surface area contributed by atoms with Crippen LogP contribution in [-0.2, 0) is 4.74 Å². The van der Waals surface area contributed by atoms with Crippen LogP contribution in [0.5, 0.6) is 0 Å². The number of nitrogens with zero attached hydrogens (tertiary/aromatic N) is 2. The van der Waals surface area contributed by atoms with E-state index in [0.29, 0.717) is 17.1 Å². The fourth-order valence-electron chi connectivity index (χ4n) is 1.20. The van der Waals surface area contributed by atoms with Crippen molar-refractivity contribution in [2.45, 2.75) is 6.92 Å². The molecule has 1 heterocycles. The van der Waals surface area contributed by atoms with Gasteiger partial charge in [0.2, 0.25) is 0 Å². The van der Waals surface area contributed by atoms with Gasteiger partial charge in [-0.05, 0) is 13.0 Å². The molecule has 0 saturated carbocycles. The number of carbonyl (C=O) groups is 1. The fraction of sp³-hybridized carbons (Fsp3) is 0.400. The van der Waals surface area contributed by atoms with E-state index in [1.54, 1.807) is 12.3 Å². The van der Waals surface area contributed by atoms with Crippen molar-refractivity contribution in [3.05, 3.63) is 17.8 Å². The number of carbonyl (C=O) groups excluding carboxylic acids is 1. The molecule has 1 aromatic heterocycles. The molecule has 0 bridgehead atoms. The highest BCUT2D eigenvalue weighted by molar-refractivity contribution is 5.97. The number of anilines is 2. The number of hydrogen-bond acceptors (Lipinski definition) is 5. The number of hydrogen-bond donors (Lipinski definition) is 1. The van der Waals surface area contributed by atoms with E-state index in [9.17, 15) is 4.79 Å². The Balaban J connectivity index is 3.16. The summed E-state index contributed by atoms with van der Waals surface area (Å²) in [7, 11) is 3.19. The summed E-state index contributed by atoms with van der Waals surface area (Å²) >= 11 is 0. The first-order valence-electron chi connectivity index (χ1n) is 4.65. The van der Waals surface area contributed by atoms with Crippen LogP contribution in [0.15, 0.2) is 12.3 Å². The molecule has 5 nitrogen and oxygen atoms in total. The highest BCUT2D eigenvalue weighted by atomic mass is 16.5. The number of nitrogen functional groups attached to an aromatic ring is 1. The molecule has 5 heteroatoms. The predicted molar refractivity (Wildman–Crippen MR) is 58.9 cm³/mol. The molecule has 1 aromatic rings. The molecule has 0 aliphatic carbocycles. The Labute approximate surface area is 88.9 Å². The van der Waals surface area contributed by atoms with Gasteiger partial charge < -0.3 is 15.4 Å². The van der Waals surface area contributed by atoms with Crippen molar-refractivity contribution in [3.8, 4) is 0 Å². The molecule has 82 valence electrons. The van der Waals surface area contributed by atoms with Crippen LogP contribution in [-0.4, -0.2) is 31.7 Å². The highest BCUT2D eigenvalue weighted by Crippen LogP contribution is 2.23. The van der Waals surface area contributed by atoms with Gasteiger partial charge in [0.1, 0.15) is 0 Å². The van der Waals surface area contributed by atoms with Gasteiger partial charge in [0.15, 0.2) is 5.82 Å². The van der Waals surface area contributed by atoms with Gasteiger partial charge in [0, 0.05) is 19.8 Å². The maximum absolute atomic E-state index is 11.3. The third-order valence-electron chi connectivity index (χ3n) is 2.21. The minimum atomic E-state index is -0.444. The van der Waals surface area contributed by atoms with Gasteiger partial charge in [-0.15, -0.1) is 0 Å². The molecule has 0 saturated heterocycles. The van der Waals surface area contributed by atoms with E-state index in [2.05, 4.69) is 9.72 Å².